The lowest BCUT2D eigenvalue weighted by molar-refractivity contribution is 0.187. The quantitative estimate of drug-likeness (QED) is 0.585. The minimum absolute atomic E-state index is 0.191. The van der Waals surface area contributed by atoms with E-state index in [-0.39, 0.29) is 12.5 Å². The number of aliphatic hydroxyl groups is 1. The Bertz CT molecular complexity index is 621. The van der Waals surface area contributed by atoms with Crippen molar-refractivity contribution in [3.63, 3.8) is 0 Å². The van der Waals surface area contributed by atoms with Crippen molar-refractivity contribution in [3.05, 3.63) is 59.7 Å². The monoisotopic (exact) mass is 299 g/mol. The second-order valence-electron chi connectivity index (χ2n) is 5.01. The molecule has 0 heterocycles. The summed E-state index contributed by atoms with van der Waals surface area (Å²) in [7, 11) is 1.60. The van der Waals surface area contributed by atoms with Crippen molar-refractivity contribution in [2.45, 2.75) is 13.0 Å². The molecular formula is C17H21N3O2. The maximum absolute atomic E-state index is 10.1. The third-order valence-corrected chi connectivity index (χ3v) is 3.26. The molecular weight excluding hydrogens is 278 g/mol. The van der Waals surface area contributed by atoms with Crippen LogP contribution in [0.1, 0.15) is 17.2 Å². The molecule has 0 saturated carbocycles. The van der Waals surface area contributed by atoms with Gasteiger partial charge in [0.1, 0.15) is 5.75 Å². The van der Waals surface area contributed by atoms with Gasteiger partial charge in [0.05, 0.1) is 19.8 Å². The number of aliphatic hydroxyl groups excluding tert-OH is 1. The first kappa shape index (κ1) is 15.9. The Hall–Kier alpha value is -2.53. The fraction of sp³-hybridized carbons (Fsp3) is 0.235. The van der Waals surface area contributed by atoms with E-state index >= 15 is 0 Å². The molecule has 0 aromatic heterocycles. The van der Waals surface area contributed by atoms with Crippen molar-refractivity contribution in [1.82, 2.24) is 0 Å². The van der Waals surface area contributed by atoms with E-state index in [1.165, 1.54) is 5.56 Å². The first-order valence-electron chi connectivity index (χ1n) is 7.04. The molecule has 2 aromatic carbocycles. The summed E-state index contributed by atoms with van der Waals surface area (Å²) in [6, 6.07) is 15.1. The van der Waals surface area contributed by atoms with Crippen LogP contribution < -0.4 is 15.8 Å². The molecule has 116 valence electrons. The van der Waals surface area contributed by atoms with Gasteiger partial charge in [0.15, 0.2) is 5.96 Å². The van der Waals surface area contributed by atoms with E-state index in [2.05, 4.69) is 10.3 Å². The zero-order valence-corrected chi connectivity index (χ0v) is 12.8. The lowest BCUT2D eigenvalue weighted by atomic mass is 10.1. The van der Waals surface area contributed by atoms with Crippen molar-refractivity contribution in [2.24, 2.45) is 10.7 Å². The van der Waals surface area contributed by atoms with Crippen molar-refractivity contribution in [3.8, 4) is 5.75 Å². The van der Waals surface area contributed by atoms with Crippen LogP contribution in [0.3, 0.4) is 0 Å². The van der Waals surface area contributed by atoms with E-state index in [0.717, 1.165) is 17.0 Å². The first-order chi connectivity index (χ1) is 10.6. The van der Waals surface area contributed by atoms with Crippen LogP contribution in [0.5, 0.6) is 5.75 Å². The van der Waals surface area contributed by atoms with Gasteiger partial charge in [-0.2, -0.15) is 0 Å². The predicted octanol–water partition coefficient (Wildman–Crippen LogP) is 2.46. The number of hydrogen-bond acceptors (Lipinski definition) is 3. The molecule has 0 aliphatic carbocycles. The van der Waals surface area contributed by atoms with Gasteiger partial charge < -0.3 is 20.9 Å². The Morgan fingerprint density at radius 3 is 2.41 bits per heavy atom. The van der Waals surface area contributed by atoms with E-state index in [1.54, 1.807) is 19.2 Å². The fourth-order valence-electron chi connectivity index (χ4n) is 1.94. The van der Waals surface area contributed by atoms with Gasteiger partial charge in [0.2, 0.25) is 0 Å². The highest BCUT2D eigenvalue weighted by Gasteiger charge is 2.07. The minimum Gasteiger partial charge on any atom is -0.497 e. The predicted molar refractivity (Wildman–Crippen MR) is 89.2 cm³/mol. The van der Waals surface area contributed by atoms with Crippen LogP contribution in [-0.4, -0.2) is 24.7 Å². The number of methoxy groups -OCH3 is 1. The Morgan fingerprint density at radius 2 is 1.82 bits per heavy atom. The average Bonchev–Trinajstić information content (AvgIpc) is 2.55. The summed E-state index contributed by atoms with van der Waals surface area (Å²) in [4.78, 5) is 4.16. The Kier molecular flexibility index (Phi) is 5.38. The first-order valence-corrected chi connectivity index (χ1v) is 7.04. The number of hydrogen-bond donors (Lipinski definition) is 3. The number of anilines is 1. The normalized spacial score (nSPS) is 12.8. The molecule has 0 aliphatic heterocycles. The average molecular weight is 299 g/mol. The molecule has 5 heteroatoms. The summed E-state index contributed by atoms with van der Waals surface area (Å²) >= 11 is 0. The van der Waals surface area contributed by atoms with Crippen LogP contribution >= 0.6 is 0 Å². The van der Waals surface area contributed by atoms with Gasteiger partial charge in [-0.3, -0.25) is 4.99 Å². The highest BCUT2D eigenvalue weighted by atomic mass is 16.5. The SMILES string of the molecule is COc1ccc(C(O)CN=C(N)Nc2ccc(C)cc2)cc1. The zero-order chi connectivity index (χ0) is 15.9. The molecule has 0 radical (unpaired) electrons. The van der Waals surface area contributed by atoms with Crippen molar-refractivity contribution in [1.29, 1.82) is 0 Å². The van der Waals surface area contributed by atoms with Crippen molar-refractivity contribution < 1.29 is 9.84 Å². The second-order valence-corrected chi connectivity index (χ2v) is 5.01. The van der Waals surface area contributed by atoms with Gasteiger partial charge in [0.25, 0.3) is 0 Å². The Balaban J connectivity index is 1.92. The zero-order valence-electron chi connectivity index (χ0n) is 12.8. The second kappa shape index (κ2) is 7.47. The maximum Gasteiger partial charge on any atom is 0.193 e. The number of nitrogens with zero attached hydrogens (tertiary/aromatic N) is 1. The largest absolute Gasteiger partial charge is 0.497 e. The number of guanidine groups is 1. The van der Waals surface area contributed by atoms with E-state index < -0.39 is 6.10 Å². The van der Waals surface area contributed by atoms with Gasteiger partial charge in [-0.05, 0) is 36.8 Å². The molecule has 0 spiro atoms. The van der Waals surface area contributed by atoms with Gasteiger partial charge in [-0.15, -0.1) is 0 Å². The van der Waals surface area contributed by atoms with Crippen LogP contribution in [0, 0.1) is 6.92 Å². The summed E-state index contributed by atoms with van der Waals surface area (Å²) in [6.07, 6.45) is -0.704. The highest BCUT2D eigenvalue weighted by Crippen LogP contribution is 2.17. The van der Waals surface area contributed by atoms with Gasteiger partial charge in [-0.25, -0.2) is 0 Å². The molecule has 0 bridgehead atoms. The third-order valence-electron chi connectivity index (χ3n) is 3.26. The molecule has 4 N–H and O–H groups in total. The fourth-order valence-corrected chi connectivity index (χ4v) is 1.94. The molecule has 2 aromatic rings. The summed E-state index contributed by atoms with van der Waals surface area (Å²) in [6.45, 7) is 2.21. The van der Waals surface area contributed by atoms with E-state index in [9.17, 15) is 5.11 Å². The number of nitrogens with two attached hydrogens (primary N) is 1. The van der Waals surface area contributed by atoms with Crippen molar-refractivity contribution in [2.75, 3.05) is 19.0 Å². The van der Waals surface area contributed by atoms with Crippen LogP contribution in [0.4, 0.5) is 5.69 Å². The molecule has 1 unspecified atom stereocenters. The summed E-state index contributed by atoms with van der Waals surface area (Å²) in [5.74, 6) is 1.02. The van der Waals surface area contributed by atoms with E-state index in [4.69, 9.17) is 10.5 Å². The Morgan fingerprint density at radius 1 is 1.18 bits per heavy atom. The highest BCUT2D eigenvalue weighted by molar-refractivity contribution is 5.92. The van der Waals surface area contributed by atoms with Crippen LogP contribution in [-0.2, 0) is 0 Å². The van der Waals surface area contributed by atoms with Crippen LogP contribution in [0.15, 0.2) is 53.5 Å². The van der Waals surface area contributed by atoms with Gasteiger partial charge >= 0.3 is 0 Å². The Labute approximate surface area is 130 Å². The molecule has 0 fully saturated rings. The van der Waals surface area contributed by atoms with Crippen LogP contribution in [0.2, 0.25) is 0 Å². The molecule has 0 saturated heterocycles. The molecule has 5 nitrogen and oxygen atoms in total. The summed E-state index contributed by atoms with van der Waals surface area (Å²) in [5, 5.41) is 13.1. The number of nitrogens with one attached hydrogen (secondary N) is 1. The van der Waals surface area contributed by atoms with Gasteiger partial charge in [-0.1, -0.05) is 29.8 Å². The number of aryl methyl sites for hydroxylation is 1. The lowest BCUT2D eigenvalue weighted by Crippen LogP contribution is -2.23. The maximum atomic E-state index is 10.1. The molecule has 2 rings (SSSR count). The third kappa shape index (κ3) is 4.49. The smallest absolute Gasteiger partial charge is 0.193 e. The minimum atomic E-state index is -0.704. The standard InChI is InChI=1S/C17H21N3O2/c1-12-3-7-14(8-4-12)20-17(18)19-11-16(21)13-5-9-15(22-2)10-6-13/h3-10,16,21H,11H2,1-2H3,(H3,18,19,20). The summed E-state index contributed by atoms with van der Waals surface area (Å²) in [5.41, 5.74) is 8.64. The molecule has 0 amide bonds. The number of aliphatic imine (C=N–C) groups is 1. The number of ether oxygens (including phenoxy) is 1. The van der Waals surface area contributed by atoms with E-state index in [0.29, 0.717) is 0 Å². The van der Waals surface area contributed by atoms with Crippen molar-refractivity contribution >= 4 is 11.6 Å². The van der Waals surface area contributed by atoms with E-state index in [1.807, 2.05) is 43.3 Å². The molecule has 22 heavy (non-hydrogen) atoms. The summed E-state index contributed by atoms with van der Waals surface area (Å²) < 4.78 is 5.08. The number of rotatable bonds is 5. The molecule has 1 atom stereocenters. The van der Waals surface area contributed by atoms with Gasteiger partial charge in [0, 0.05) is 5.69 Å². The molecule has 0 aliphatic rings. The topological polar surface area (TPSA) is 79.9 Å². The number of benzene rings is 2. The lowest BCUT2D eigenvalue weighted by Gasteiger charge is -2.10. The van der Waals surface area contributed by atoms with Crippen LogP contribution in [0.25, 0.3) is 0 Å².